The van der Waals surface area contributed by atoms with Crippen molar-refractivity contribution >= 4 is 27.3 Å². The van der Waals surface area contributed by atoms with Crippen molar-refractivity contribution in [2.45, 2.75) is 25.4 Å². The topological polar surface area (TPSA) is 84.5 Å². The molecule has 0 heterocycles. The van der Waals surface area contributed by atoms with Gasteiger partial charge in [-0.3, -0.25) is 9.52 Å². The van der Waals surface area contributed by atoms with Gasteiger partial charge >= 0.3 is 6.61 Å². The van der Waals surface area contributed by atoms with Crippen molar-refractivity contribution in [3.63, 3.8) is 0 Å². The number of aryl methyl sites for hydroxylation is 2. The van der Waals surface area contributed by atoms with E-state index in [4.69, 9.17) is 0 Å². The largest absolute Gasteiger partial charge is 0.433 e. The van der Waals surface area contributed by atoms with Crippen LogP contribution in [0.15, 0.2) is 71.6 Å². The molecule has 0 aliphatic rings. The third-order valence-electron chi connectivity index (χ3n) is 4.54. The summed E-state index contributed by atoms with van der Waals surface area (Å²) >= 11 is 0. The molecule has 0 fully saturated rings. The van der Waals surface area contributed by atoms with Crippen molar-refractivity contribution < 1.29 is 26.7 Å². The van der Waals surface area contributed by atoms with Gasteiger partial charge in [0.1, 0.15) is 5.75 Å². The van der Waals surface area contributed by atoms with Gasteiger partial charge in [0, 0.05) is 11.3 Å². The Morgan fingerprint density at radius 1 is 0.935 bits per heavy atom. The monoisotopic (exact) mass is 446 g/mol. The van der Waals surface area contributed by atoms with Crippen LogP contribution in [0.3, 0.4) is 0 Å². The van der Waals surface area contributed by atoms with Crippen molar-refractivity contribution in [2.75, 3.05) is 10.0 Å². The van der Waals surface area contributed by atoms with Crippen molar-refractivity contribution in [1.82, 2.24) is 0 Å². The molecule has 0 radical (unpaired) electrons. The summed E-state index contributed by atoms with van der Waals surface area (Å²) < 4.78 is 57.1. The normalized spacial score (nSPS) is 11.3. The van der Waals surface area contributed by atoms with Gasteiger partial charge < -0.3 is 10.1 Å². The zero-order valence-electron chi connectivity index (χ0n) is 16.7. The van der Waals surface area contributed by atoms with Crippen molar-refractivity contribution in [2.24, 2.45) is 0 Å². The maximum Gasteiger partial charge on any atom is 0.387 e. The van der Waals surface area contributed by atoms with E-state index in [2.05, 4.69) is 14.8 Å². The first-order chi connectivity index (χ1) is 14.7. The fourth-order valence-electron chi connectivity index (χ4n) is 2.75. The molecule has 0 unspecified atom stereocenters. The van der Waals surface area contributed by atoms with Gasteiger partial charge in [0.2, 0.25) is 0 Å². The molecular weight excluding hydrogens is 426 g/mol. The summed E-state index contributed by atoms with van der Waals surface area (Å²) in [6.45, 7) is 0.690. The van der Waals surface area contributed by atoms with Gasteiger partial charge in [-0.25, -0.2) is 8.42 Å². The lowest BCUT2D eigenvalue weighted by molar-refractivity contribution is -0.0493. The van der Waals surface area contributed by atoms with E-state index in [0.29, 0.717) is 0 Å². The number of nitrogens with one attached hydrogen (secondary N) is 2. The van der Waals surface area contributed by atoms with Crippen LogP contribution < -0.4 is 14.8 Å². The molecule has 31 heavy (non-hydrogen) atoms. The van der Waals surface area contributed by atoms with Crippen LogP contribution in [0.25, 0.3) is 0 Å². The van der Waals surface area contributed by atoms with Gasteiger partial charge in [-0.2, -0.15) is 8.78 Å². The maximum atomic E-state index is 12.6. The second kappa shape index (κ2) is 9.13. The minimum atomic E-state index is -3.79. The van der Waals surface area contributed by atoms with E-state index in [0.717, 1.165) is 11.1 Å². The predicted molar refractivity (Wildman–Crippen MR) is 114 cm³/mol. The molecular formula is C22H20F2N2O4S. The van der Waals surface area contributed by atoms with Crippen molar-refractivity contribution in [3.8, 4) is 5.75 Å². The zero-order valence-corrected chi connectivity index (χ0v) is 17.5. The third-order valence-corrected chi connectivity index (χ3v) is 5.92. The number of benzene rings is 3. The maximum absolute atomic E-state index is 12.6. The third kappa shape index (κ3) is 5.58. The van der Waals surface area contributed by atoms with Crippen LogP contribution in [0.1, 0.15) is 21.5 Å². The molecule has 2 N–H and O–H groups in total. The minimum absolute atomic E-state index is 0.0901. The second-order valence-corrected chi connectivity index (χ2v) is 8.44. The highest BCUT2D eigenvalue weighted by molar-refractivity contribution is 7.92. The standard InChI is InChI=1S/C22H20F2N2O4S/c1-14-7-12-18(13-15(14)2)31(28,29)26-17-10-8-16(9-11-17)21(27)25-19-5-3-4-6-20(19)30-22(23)24/h3-13,22,26H,1-2H3,(H,25,27). The highest BCUT2D eigenvalue weighted by Crippen LogP contribution is 2.26. The summed E-state index contributed by atoms with van der Waals surface area (Å²) in [7, 11) is -3.79. The van der Waals surface area contributed by atoms with Crippen LogP contribution in [0, 0.1) is 13.8 Å². The Balaban J connectivity index is 1.73. The first-order valence-electron chi connectivity index (χ1n) is 9.21. The Hall–Kier alpha value is -3.46. The van der Waals surface area contributed by atoms with Gasteiger partial charge in [-0.05, 0) is 73.5 Å². The molecule has 3 aromatic rings. The first-order valence-corrected chi connectivity index (χ1v) is 10.7. The molecule has 0 bridgehead atoms. The Bertz CT molecular complexity index is 1200. The van der Waals surface area contributed by atoms with E-state index >= 15 is 0 Å². The van der Waals surface area contributed by atoms with Crippen molar-refractivity contribution in [1.29, 1.82) is 0 Å². The fraction of sp³-hybridized carbons (Fsp3) is 0.136. The Labute approximate surface area is 178 Å². The highest BCUT2D eigenvalue weighted by atomic mass is 32.2. The lowest BCUT2D eigenvalue weighted by Crippen LogP contribution is -2.15. The van der Waals surface area contributed by atoms with E-state index in [1.165, 1.54) is 48.5 Å². The lowest BCUT2D eigenvalue weighted by atomic mass is 10.1. The molecule has 0 aliphatic carbocycles. The van der Waals surface area contributed by atoms with Crippen LogP contribution in [0.5, 0.6) is 5.75 Å². The van der Waals surface area contributed by atoms with Crippen LogP contribution >= 0.6 is 0 Å². The van der Waals surface area contributed by atoms with E-state index in [-0.39, 0.29) is 27.6 Å². The summed E-state index contributed by atoms with van der Waals surface area (Å²) in [5, 5.41) is 2.50. The molecule has 0 atom stereocenters. The van der Waals surface area contributed by atoms with Crippen LogP contribution in [0.4, 0.5) is 20.2 Å². The summed E-state index contributed by atoms with van der Waals surface area (Å²) in [5.41, 5.74) is 2.41. The molecule has 3 aromatic carbocycles. The number of anilines is 2. The average Bonchev–Trinajstić information content (AvgIpc) is 2.71. The van der Waals surface area contributed by atoms with Crippen LogP contribution in [-0.4, -0.2) is 20.9 Å². The average molecular weight is 446 g/mol. The Morgan fingerprint density at radius 2 is 1.61 bits per heavy atom. The molecule has 162 valence electrons. The number of rotatable bonds is 7. The lowest BCUT2D eigenvalue weighted by Gasteiger charge is -2.12. The highest BCUT2D eigenvalue weighted by Gasteiger charge is 2.16. The van der Waals surface area contributed by atoms with E-state index in [1.807, 2.05) is 13.8 Å². The van der Waals surface area contributed by atoms with Gasteiger partial charge in [0.05, 0.1) is 10.6 Å². The molecule has 0 saturated carbocycles. The Morgan fingerprint density at radius 3 is 2.26 bits per heavy atom. The smallest absolute Gasteiger partial charge is 0.387 e. The molecule has 0 spiro atoms. The van der Waals surface area contributed by atoms with Crippen LogP contribution in [0.2, 0.25) is 0 Å². The second-order valence-electron chi connectivity index (χ2n) is 6.76. The summed E-state index contributed by atoms with van der Waals surface area (Å²) in [6, 6.07) is 16.4. The van der Waals surface area contributed by atoms with E-state index in [9.17, 15) is 22.0 Å². The molecule has 3 rings (SSSR count). The number of halogens is 2. The van der Waals surface area contributed by atoms with E-state index in [1.54, 1.807) is 18.2 Å². The Kier molecular flexibility index (Phi) is 6.55. The predicted octanol–water partition coefficient (Wildman–Crippen LogP) is 4.96. The number of para-hydroxylation sites is 2. The summed E-state index contributed by atoms with van der Waals surface area (Å²) in [6.07, 6.45) is 0. The number of amides is 1. The first kappa shape index (κ1) is 22.2. The summed E-state index contributed by atoms with van der Waals surface area (Å²) in [4.78, 5) is 12.6. The van der Waals surface area contributed by atoms with Gasteiger partial charge in [-0.1, -0.05) is 18.2 Å². The molecule has 1 amide bonds. The molecule has 6 nitrogen and oxygen atoms in total. The molecule has 0 aromatic heterocycles. The van der Waals surface area contributed by atoms with Crippen molar-refractivity contribution in [3.05, 3.63) is 83.4 Å². The quantitative estimate of drug-likeness (QED) is 0.537. The molecule has 0 aliphatic heterocycles. The number of carbonyl (C=O) groups is 1. The van der Waals surface area contributed by atoms with Gasteiger partial charge in [0.25, 0.3) is 15.9 Å². The van der Waals surface area contributed by atoms with Crippen LogP contribution in [-0.2, 0) is 10.0 Å². The number of ether oxygens (including phenoxy) is 1. The summed E-state index contributed by atoms with van der Waals surface area (Å²) in [5.74, 6) is -0.725. The zero-order chi connectivity index (χ0) is 22.6. The SMILES string of the molecule is Cc1ccc(S(=O)(=O)Nc2ccc(C(=O)Nc3ccccc3OC(F)F)cc2)cc1C. The molecule has 0 saturated heterocycles. The van der Waals surface area contributed by atoms with Gasteiger partial charge in [0.15, 0.2) is 0 Å². The van der Waals surface area contributed by atoms with E-state index < -0.39 is 22.5 Å². The number of alkyl halides is 2. The van der Waals surface area contributed by atoms with Gasteiger partial charge in [-0.15, -0.1) is 0 Å². The number of hydrogen-bond acceptors (Lipinski definition) is 4. The molecule has 9 heteroatoms. The number of hydrogen-bond donors (Lipinski definition) is 2. The minimum Gasteiger partial charge on any atom is -0.433 e. The fourth-order valence-corrected chi connectivity index (χ4v) is 3.89. The number of carbonyl (C=O) groups excluding carboxylic acids is 1. The number of sulfonamides is 1.